The number of aromatic nitrogens is 2. The molecule has 0 radical (unpaired) electrons. The molecule has 1 saturated heterocycles. The molecule has 0 bridgehead atoms. The number of hydrogen-bond donors (Lipinski definition) is 2. The molecule has 1 aromatic heterocycles. The molecule has 6 heteroatoms. The van der Waals surface area contributed by atoms with Gasteiger partial charge in [0.15, 0.2) is 5.15 Å². The molecule has 0 aromatic carbocycles. The highest BCUT2D eigenvalue weighted by atomic mass is 35.5. The average molecular weight is 272 g/mol. The number of aromatic amines is 1. The molecule has 2 N–H and O–H groups in total. The lowest BCUT2D eigenvalue weighted by atomic mass is 10.1. The fourth-order valence-electron chi connectivity index (χ4n) is 2.44. The maximum absolute atomic E-state index is 6.22. The first-order valence-electron chi connectivity index (χ1n) is 6.41. The molecule has 1 aliphatic heterocycles. The second kappa shape index (κ2) is 6.02. The predicted octanol–water partition coefficient (Wildman–Crippen LogP) is 0.879. The van der Waals surface area contributed by atoms with E-state index in [4.69, 9.17) is 11.6 Å². The van der Waals surface area contributed by atoms with Crippen molar-refractivity contribution in [1.29, 1.82) is 0 Å². The van der Waals surface area contributed by atoms with Gasteiger partial charge >= 0.3 is 0 Å². The maximum atomic E-state index is 6.22. The van der Waals surface area contributed by atoms with E-state index in [1.165, 1.54) is 0 Å². The van der Waals surface area contributed by atoms with E-state index in [9.17, 15) is 0 Å². The number of H-pyrrole nitrogens is 1. The molecule has 1 aliphatic rings. The Morgan fingerprint density at radius 2 is 2.06 bits per heavy atom. The smallest absolute Gasteiger partial charge is 0.152 e. The molecular formula is C12H22ClN5. The monoisotopic (exact) mass is 271 g/mol. The summed E-state index contributed by atoms with van der Waals surface area (Å²) < 4.78 is 0. The van der Waals surface area contributed by atoms with Crippen molar-refractivity contribution in [2.75, 3.05) is 46.8 Å². The second-order valence-electron chi connectivity index (χ2n) is 4.94. The van der Waals surface area contributed by atoms with E-state index in [0.717, 1.165) is 44.2 Å². The molecule has 0 aliphatic carbocycles. The van der Waals surface area contributed by atoms with Crippen LogP contribution in [0.1, 0.15) is 17.6 Å². The Kier molecular flexibility index (Phi) is 4.61. The Morgan fingerprint density at radius 3 is 2.56 bits per heavy atom. The van der Waals surface area contributed by atoms with Crippen LogP contribution in [0, 0.1) is 6.92 Å². The van der Waals surface area contributed by atoms with Gasteiger partial charge in [0.05, 0.1) is 11.7 Å². The van der Waals surface area contributed by atoms with E-state index in [1.807, 2.05) is 14.0 Å². The highest BCUT2D eigenvalue weighted by Gasteiger charge is 2.26. The molecule has 0 saturated carbocycles. The van der Waals surface area contributed by atoms with Crippen LogP contribution in [0.15, 0.2) is 0 Å². The van der Waals surface area contributed by atoms with Crippen LogP contribution in [0.2, 0.25) is 5.15 Å². The molecular weight excluding hydrogens is 250 g/mol. The molecule has 1 unspecified atom stereocenters. The Morgan fingerprint density at radius 1 is 1.39 bits per heavy atom. The number of aryl methyl sites for hydroxylation is 1. The zero-order chi connectivity index (χ0) is 13.1. The average Bonchev–Trinajstić information content (AvgIpc) is 2.67. The third kappa shape index (κ3) is 3.03. The lowest BCUT2D eigenvalue weighted by Gasteiger charge is -2.37. The molecule has 18 heavy (non-hydrogen) atoms. The van der Waals surface area contributed by atoms with Crippen LogP contribution in [0.25, 0.3) is 0 Å². The summed E-state index contributed by atoms with van der Waals surface area (Å²) in [5, 5.41) is 3.85. The minimum Gasteiger partial charge on any atom is -0.343 e. The van der Waals surface area contributed by atoms with E-state index in [2.05, 4.69) is 32.1 Å². The predicted molar refractivity (Wildman–Crippen MR) is 74.1 cm³/mol. The number of piperazine rings is 1. The summed E-state index contributed by atoms with van der Waals surface area (Å²) in [6, 6.07) is 0.275. The van der Waals surface area contributed by atoms with E-state index in [0.29, 0.717) is 5.15 Å². The fourth-order valence-corrected chi connectivity index (χ4v) is 2.74. The molecule has 1 fully saturated rings. The van der Waals surface area contributed by atoms with Gasteiger partial charge in [0.2, 0.25) is 0 Å². The number of nitrogens with zero attached hydrogens (tertiary/aromatic N) is 3. The first-order valence-corrected chi connectivity index (χ1v) is 6.78. The molecule has 0 spiro atoms. The van der Waals surface area contributed by atoms with Gasteiger partial charge in [-0.1, -0.05) is 11.6 Å². The third-order valence-electron chi connectivity index (χ3n) is 3.51. The molecule has 2 rings (SSSR count). The summed E-state index contributed by atoms with van der Waals surface area (Å²) in [5.74, 6) is 0.880. The normalized spacial score (nSPS) is 20.2. The van der Waals surface area contributed by atoms with Crippen LogP contribution in [-0.2, 0) is 0 Å². The number of hydrogen-bond acceptors (Lipinski definition) is 4. The van der Waals surface area contributed by atoms with Gasteiger partial charge < -0.3 is 15.2 Å². The van der Waals surface area contributed by atoms with Gasteiger partial charge in [-0.05, 0) is 21.0 Å². The van der Waals surface area contributed by atoms with Crippen molar-refractivity contribution in [3.8, 4) is 0 Å². The Labute approximate surface area is 114 Å². The summed E-state index contributed by atoms with van der Waals surface area (Å²) in [6.45, 7) is 7.16. The van der Waals surface area contributed by atoms with Gasteiger partial charge in [0, 0.05) is 32.7 Å². The quantitative estimate of drug-likeness (QED) is 0.854. The minimum atomic E-state index is 0.275. The largest absolute Gasteiger partial charge is 0.343 e. The van der Waals surface area contributed by atoms with Crippen LogP contribution in [-0.4, -0.2) is 66.6 Å². The van der Waals surface area contributed by atoms with E-state index < -0.39 is 0 Å². The lowest BCUT2D eigenvalue weighted by molar-refractivity contribution is 0.109. The SMILES string of the molecule is CNCC(c1[nH]c(C)nc1Cl)N1CCN(C)CC1. The summed E-state index contributed by atoms with van der Waals surface area (Å²) in [7, 11) is 4.14. The minimum absolute atomic E-state index is 0.275. The summed E-state index contributed by atoms with van der Waals surface area (Å²) in [6.07, 6.45) is 0. The van der Waals surface area contributed by atoms with Crippen LogP contribution in [0.3, 0.4) is 0 Å². The molecule has 102 valence electrons. The first kappa shape index (κ1) is 13.8. The van der Waals surface area contributed by atoms with Crippen LogP contribution in [0.5, 0.6) is 0 Å². The van der Waals surface area contributed by atoms with Gasteiger partial charge in [-0.2, -0.15) is 0 Å². The Bertz CT molecular complexity index is 384. The summed E-state index contributed by atoms with van der Waals surface area (Å²) in [5.41, 5.74) is 1.04. The standard InChI is InChI=1S/C12H22ClN5/c1-9-15-11(12(13)16-9)10(8-14-2)18-6-4-17(3)5-7-18/h10,14H,4-8H2,1-3H3,(H,15,16). The molecule has 5 nitrogen and oxygen atoms in total. The van der Waals surface area contributed by atoms with Crippen molar-refractivity contribution in [3.63, 3.8) is 0 Å². The molecule has 1 atom stereocenters. The van der Waals surface area contributed by atoms with E-state index >= 15 is 0 Å². The van der Waals surface area contributed by atoms with Crippen molar-refractivity contribution in [2.45, 2.75) is 13.0 Å². The van der Waals surface area contributed by atoms with E-state index in [-0.39, 0.29) is 6.04 Å². The van der Waals surface area contributed by atoms with Gasteiger partial charge in [-0.25, -0.2) is 4.98 Å². The van der Waals surface area contributed by atoms with Crippen molar-refractivity contribution in [3.05, 3.63) is 16.7 Å². The van der Waals surface area contributed by atoms with Gasteiger partial charge in [-0.3, -0.25) is 4.90 Å². The molecule has 2 heterocycles. The van der Waals surface area contributed by atoms with Crippen molar-refractivity contribution >= 4 is 11.6 Å². The topological polar surface area (TPSA) is 47.2 Å². The number of rotatable bonds is 4. The van der Waals surface area contributed by atoms with Crippen molar-refractivity contribution < 1.29 is 0 Å². The second-order valence-corrected chi connectivity index (χ2v) is 5.30. The molecule has 0 amide bonds. The number of halogens is 1. The van der Waals surface area contributed by atoms with Crippen molar-refractivity contribution in [2.24, 2.45) is 0 Å². The zero-order valence-corrected chi connectivity index (χ0v) is 12.1. The number of nitrogens with one attached hydrogen (secondary N) is 2. The number of imidazole rings is 1. The van der Waals surface area contributed by atoms with Gasteiger partial charge in [-0.15, -0.1) is 0 Å². The Hall–Kier alpha value is -0.620. The zero-order valence-electron chi connectivity index (χ0n) is 11.3. The Balaban J connectivity index is 2.15. The van der Waals surface area contributed by atoms with Crippen LogP contribution >= 0.6 is 11.6 Å². The summed E-state index contributed by atoms with van der Waals surface area (Å²) >= 11 is 6.22. The third-order valence-corrected chi connectivity index (χ3v) is 3.80. The van der Waals surface area contributed by atoms with Gasteiger partial charge in [0.25, 0.3) is 0 Å². The fraction of sp³-hybridized carbons (Fsp3) is 0.750. The van der Waals surface area contributed by atoms with Crippen LogP contribution in [0.4, 0.5) is 0 Å². The highest BCUT2D eigenvalue weighted by molar-refractivity contribution is 6.30. The maximum Gasteiger partial charge on any atom is 0.152 e. The van der Waals surface area contributed by atoms with Crippen LogP contribution < -0.4 is 5.32 Å². The van der Waals surface area contributed by atoms with Crippen molar-refractivity contribution in [1.82, 2.24) is 25.1 Å². The highest BCUT2D eigenvalue weighted by Crippen LogP contribution is 2.26. The number of likely N-dealkylation sites (N-methyl/N-ethyl adjacent to an activating group) is 2. The molecule has 1 aromatic rings. The van der Waals surface area contributed by atoms with E-state index in [1.54, 1.807) is 0 Å². The summed E-state index contributed by atoms with van der Waals surface area (Å²) in [4.78, 5) is 12.4. The first-order chi connectivity index (χ1) is 8.61. The lowest BCUT2D eigenvalue weighted by Crippen LogP contribution is -2.48. The van der Waals surface area contributed by atoms with Gasteiger partial charge in [0.1, 0.15) is 5.82 Å².